The van der Waals surface area contributed by atoms with Crippen LogP contribution in [0.2, 0.25) is 0 Å². The summed E-state index contributed by atoms with van der Waals surface area (Å²) in [5.41, 5.74) is 12.8. The van der Waals surface area contributed by atoms with E-state index < -0.39 is 0 Å². The lowest BCUT2D eigenvalue weighted by Crippen LogP contribution is -2.36. The van der Waals surface area contributed by atoms with E-state index in [2.05, 4.69) is 34.3 Å². The molecular weight excluding hydrogens is 518 g/mol. The smallest absolute Gasteiger partial charge is 0.176 e. The number of ketones is 1. The fraction of sp³-hybridized carbons (Fsp3) is 0.452. The first-order valence-corrected chi connectivity index (χ1v) is 14.2. The van der Waals surface area contributed by atoms with Gasteiger partial charge in [-0.25, -0.2) is 5.84 Å². The summed E-state index contributed by atoms with van der Waals surface area (Å²) in [6.07, 6.45) is 9.36. The first-order valence-electron chi connectivity index (χ1n) is 14.2. The molecule has 2 aromatic rings. The van der Waals surface area contributed by atoms with E-state index in [-0.39, 0.29) is 11.5 Å². The van der Waals surface area contributed by atoms with Crippen molar-refractivity contribution in [1.29, 1.82) is 5.26 Å². The topological polar surface area (TPSA) is 143 Å². The van der Waals surface area contributed by atoms with Crippen molar-refractivity contribution in [3.63, 3.8) is 0 Å². The second-order valence-corrected chi connectivity index (χ2v) is 10.6. The zero-order valence-electron chi connectivity index (χ0n) is 24.3. The molecule has 1 aromatic heterocycles. The zero-order chi connectivity index (χ0) is 29.4. The number of aromatic nitrogens is 1. The molecule has 5 rings (SSSR count). The molecule has 3 aliphatic rings. The molecule has 41 heavy (non-hydrogen) atoms. The number of allylic oxidation sites excluding steroid dienone is 2. The van der Waals surface area contributed by atoms with E-state index in [1.54, 1.807) is 6.20 Å². The maximum atomic E-state index is 11.5. The van der Waals surface area contributed by atoms with Crippen molar-refractivity contribution in [2.45, 2.75) is 59.0 Å². The molecule has 10 heteroatoms. The summed E-state index contributed by atoms with van der Waals surface area (Å²) >= 11 is 0. The second kappa shape index (κ2) is 14.1. The lowest BCUT2D eigenvalue weighted by molar-refractivity contribution is -0.113. The van der Waals surface area contributed by atoms with Gasteiger partial charge in [0, 0.05) is 49.8 Å². The Morgan fingerprint density at radius 1 is 1.20 bits per heavy atom. The van der Waals surface area contributed by atoms with Gasteiger partial charge < -0.3 is 25.4 Å². The number of benzene rings is 1. The number of pyridine rings is 1. The minimum atomic E-state index is -0.259. The van der Waals surface area contributed by atoms with Gasteiger partial charge in [-0.3, -0.25) is 14.8 Å². The van der Waals surface area contributed by atoms with Crippen LogP contribution in [0.15, 0.2) is 47.9 Å². The van der Waals surface area contributed by atoms with E-state index >= 15 is 0 Å². The average molecular weight is 560 g/mol. The third-order valence-electron chi connectivity index (χ3n) is 7.47. The summed E-state index contributed by atoms with van der Waals surface area (Å²) < 4.78 is 10.6. The summed E-state index contributed by atoms with van der Waals surface area (Å²) in [4.78, 5) is 18.3. The van der Waals surface area contributed by atoms with Crippen LogP contribution in [0.3, 0.4) is 0 Å². The van der Waals surface area contributed by atoms with Crippen molar-refractivity contribution < 1.29 is 14.3 Å². The molecule has 1 unspecified atom stereocenters. The fourth-order valence-electron chi connectivity index (χ4n) is 4.84. The van der Waals surface area contributed by atoms with Gasteiger partial charge in [0.05, 0.1) is 59.9 Å². The van der Waals surface area contributed by atoms with Gasteiger partial charge in [-0.1, -0.05) is 0 Å². The number of carbonyl (C=O) groups is 1. The van der Waals surface area contributed by atoms with Gasteiger partial charge >= 0.3 is 0 Å². The number of morpholine rings is 1. The molecule has 1 atom stereocenters. The van der Waals surface area contributed by atoms with Crippen molar-refractivity contribution >= 4 is 28.5 Å². The van der Waals surface area contributed by atoms with Crippen molar-refractivity contribution in [2.24, 2.45) is 11.6 Å². The number of carbonyl (C=O) groups excluding carboxylic acids is 1. The highest BCUT2D eigenvalue weighted by atomic mass is 16.5. The number of Topliss-reactive ketones (excluding diaryl/α,β-unsaturated/α-hetero) is 1. The molecule has 218 valence electrons. The molecule has 10 nitrogen and oxygen atoms in total. The number of aryl methyl sites for hydroxylation is 1. The highest BCUT2D eigenvalue weighted by Gasteiger charge is 2.20. The van der Waals surface area contributed by atoms with Crippen molar-refractivity contribution in [3.05, 3.63) is 64.8 Å². The predicted molar refractivity (Wildman–Crippen MR) is 162 cm³/mol. The molecule has 0 spiro atoms. The summed E-state index contributed by atoms with van der Waals surface area (Å²) in [5.74, 6) is 5.92. The number of hydrogen-bond acceptors (Lipinski definition) is 10. The number of hydrogen-bond donors (Lipinski definition) is 3. The van der Waals surface area contributed by atoms with Gasteiger partial charge in [0.2, 0.25) is 0 Å². The number of anilines is 3. The lowest BCUT2D eigenvalue weighted by atomic mass is 9.87. The Hall–Kier alpha value is -3.91. The Balaban J connectivity index is 0.000000572. The van der Waals surface area contributed by atoms with Crippen molar-refractivity contribution in [1.82, 2.24) is 4.98 Å². The number of nitrogens with one attached hydrogen (secondary N) is 1. The maximum absolute atomic E-state index is 11.5. The SMILES string of the molecule is CC(=O)/C(N)=C/N(N)c1cc(NC(=C2CCC2)c2cc(C#N)cc(N3CCOCC3)c2)cnc1C.CC1CCCO1. The van der Waals surface area contributed by atoms with E-state index in [0.717, 1.165) is 61.6 Å². The summed E-state index contributed by atoms with van der Waals surface area (Å²) in [7, 11) is 0. The molecule has 0 bridgehead atoms. The fourth-order valence-corrected chi connectivity index (χ4v) is 4.84. The number of ether oxygens (including phenoxy) is 2. The monoisotopic (exact) mass is 559 g/mol. The van der Waals surface area contributed by atoms with E-state index in [4.69, 9.17) is 21.1 Å². The Morgan fingerprint density at radius 2 is 1.95 bits per heavy atom. The number of nitrogens with two attached hydrogens (primary N) is 2. The van der Waals surface area contributed by atoms with Crippen LogP contribution in [0.4, 0.5) is 17.1 Å². The molecular formula is C31H41N7O3. The summed E-state index contributed by atoms with van der Waals surface area (Å²) in [6, 6.07) is 10.2. The van der Waals surface area contributed by atoms with E-state index in [0.29, 0.717) is 36.3 Å². The quantitative estimate of drug-likeness (QED) is 0.254. The highest BCUT2D eigenvalue weighted by Crippen LogP contribution is 2.36. The summed E-state index contributed by atoms with van der Waals surface area (Å²) in [5, 5.41) is 14.6. The molecule has 1 aromatic carbocycles. The molecule has 2 saturated heterocycles. The van der Waals surface area contributed by atoms with Crippen LogP contribution >= 0.6 is 0 Å². The first-order chi connectivity index (χ1) is 19.7. The lowest BCUT2D eigenvalue weighted by Gasteiger charge is -2.30. The van der Waals surface area contributed by atoms with Crippen molar-refractivity contribution in [3.8, 4) is 6.07 Å². The van der Waals surface area contributed by atoms with Crippen LogP contribution in [0.25, 0.3) is 5.70 Å². The van der Waals surface area contributed by atoms with Crippen LogP contribution in [0.1, 0.15) is 62.8 Å². The largest absolute Gasteiger partial charge is 0.395 e. The molecule has 0 amide bonds. The highest BCUT2D eigenvalue weighted by molar-refractivity contribution is 5.92. The van der Waals surface area contributed by atoms with Gasteiger partial charge in [0.15, 0.2) is 5.78 Å². The standard InChI is InChI=1S/C26H31N7O2.C5H10O/c1-17-25(33(29)16-24(28)18(2)34)13-22(15-30-17)31-26(20-4-3-5-20)21-10-19(14-27)11-23(12-21)32-6-8-35-9-7-32;1-5-3-2-4-6-5/h10-13,15-16,31H,3-9,28-29H2,1-2H3;5H,2-4H2,1H3/b24-16-;. The minimum absolute atomic E-state index is 0.0616. The Labute approximate surface area is 242 Å². The molecule has 2 aliphatic heterocycles. The average Bonchev–Trinajstić information content (AvgIpc) is 3.43. The van der Waals surface area contributed by atoms with E-state index in [1.807, 2.05) is 25.1 Å². The van der Waals surface area contributed by atoms with Gasteiger partial charge in [-0.05, 0) is 75.8 Å². The van der Waals surface area contributed by atoms with Crippen molar-refractivity contribution in [2.75, 3.05) is 48.1 Å². The molecule has 1 saturated carbocycles. The third-order valence-corrected chi connectivity index (χ3v) is 7.47. The van der Waals surface area contributed by atoms with Gasteiger partial charge in [0.1, 0.15) is 0 Å². The Kier molecular flexibility index (Phi) is 10.4. The van der Waals surface area contributed by atoms with Crippen LogP contribution in [0.5, 0.6) is 0 Å². The number of nitriles is 1. The first kappa shape index (κ1) is 30.1. The van der Waals surface area contributed by atoms with Gasteiger partial charge in [-0.15, -0.1) is 0 Å². The Morgan fingerprint density at radius 3 is 2.51 bits per heavy atom. The molecule has 3 heterocycles. The van der Waals surface area contributed by atoms with Gasteiger partial charge in [-0.2, -0.15) is 5.26 Å². The van der Waals surface area contributed by atoms with Crippen LogP contribution in [-0.4, -0.2) is 49.8 Å². The van der Waals surface area contributed by atoms with Crippen LogP contribution in [-0.2, 0) is 14.3 Å². The van der Waals surface area contributed by atoms with E-state index in [9.17, 15) is 10.1 Å². The second-order valence-electron chi connectivity index (χ2n) is 10.6. The normalized spacial score (nSPS) is 18.5. The number of nitrogens with zero attached hydrogens (tertiary/aromatic N) is 4. The predicted octanol–water partition coefficient (Wildman–Crippen LogP) is 4.36. The van der Waals surface area contributed by atoms with E-state index in [1.165, 1.54) is 36.5 Å². The molecule has 3 fully saturated rings. The van der Waals surface area contributed by atoms with Crippen LogP contribution in [0, 0.1) is 18.3 Å². The Bertz CT molecular complexity index is 1330. The number of hydrazine groups is 1. The third kappa shape index (κ3) is 8.07. The molecule has 1 aliphatic carbocycles. The van der Waals surface area contributed by atoms with Crippen LogP contribution < -0.4 is 26.8 Å². The maximum Gasteiger partial charge on any atom is 0.176 e. The summed E-state index contributed by atoms with van der Waals surface area (Å²) in [6.45, 7) is 9.27. The molecule has 5 N–H and O–H groups in total. The van der Waals surface area contributed by atoms with Gasteiger partial charge in [0.25, 0.3) is 0 Å². The number of rotatable bonds is 7. The minimum Gasteiger partial charge on any atom is -0.395 e. The zero-order valence-corrected chi connectivity index (χ0v) is 24.3. The molecule has 0 radical (unpaired) electrons.